The Morgan fingerprint density at radius 3 is 2.65 bits per heavy atom. The molecule has 0 heterocycles. The van der Waals surface area contributed by atoms with Crippen molar-refractivity contribution in [2.45, 2.75) is 6.54 Å². The molecule has 1 N–H and O–H groups in total. The number of nitrogens with one attached hydrogen (secondary N) is 1. The quantitative estimate of drug-likeness (QED) is 0.821. The number of hydrogen-bond donors (Lipinski definition) is 1. The number of hydrogen-bond acceptors (Lipinski definition) is 3. The van der Waals surface area contributed by atoms with Gasteiger partial charge in [-0.15, -0.1) is 0 Å². The first-order chi connectivity index (χ1) is 11.1. The normalized spacial score (nSPS) is 10.6. The summed E-state index contributed by atoms with van der Waals surface area (Å²) in [6.45, 7) is 0.373. The second-order valence-corrected chi connectivity index (χ2v) is 5.16. The fourth-order valence-corrected chi connectivity index (χ4v) is 2.22. The molecule has 0 saturated carbocycles. The molecule has 0 bridgehead atoms. The number of amides is 1. The molecule has 0 unspecified atom stereocenters. The minimum atomic E-state index is -0.213. The van der Waals surface area contributed by atoms with Crippen LogP contribution in [0.2, 0.25) is 5.02 Å². The minimum absolute atomic E-state index is 0.213. The molecule has 120 valence electrons. The van der Waals surface area contributed by atoms with Crippen molar-refractivity contribution < 1.29 is 14.3 Å². The van der Waals surface area contributed by atoms with E-state index in [9.17, 15) is 4.79 Å². The van der Waals surface area contributed by atoms with E-state index >= 15 is 0 Å². The summed E-state index contributed by atoms with van der Waals surface area (Å²) in [5.41, 5.74) is 1.63. The molecular weight excluding hydrogens is 314 g/mol. The predicted molar refractivity (Wildman–Crippen MR) is 91.9 cm³/mol. The number of carbonyl (C=O) groups excluding carboxylic acids is 1. The van der Waals surface area contributed by atoms with E-state index in [0.29, 0.717) is 23.1 Å². The highest BCUT2D eigenvalue weighted by molar-refractivity contribution is 6.31. The SMILES string of the molecule is COc1ccc(OC)c(/C=C/C(=O)NCc2ccccc2Cl)c1. The molecule has 0 aliphatic carbocycles. The largest absolute Gasteiger partial charge is 0.497 e. The molecule has 5 heteroatoms. The third-order valence-corrected chi connectivity index (χ3v) is 3.63. The van der Waals surface area contributed by atoms with Gasteiger partial charge in [-0.05, 0) is 35.9 Å². The van der Waals surface area contributed by atoms with Crippen LogP contribution in [0.25, 0.3) is 6.08 Å². The van der Waals surface area contributed by atoms with Gasteiger partial charge in [0.2, 0.25) is 5.91 Å². The number of halogens is 1. The number of methoxy groups -OCH3 is 2. The van der Waals surface area contributed by atoms with E-state index in [1.54, 1.807) is 44.6 Å². The van der Waals surface area contributed by atoms with Crippen LogP contribution in [0.1, 0.15) is 11.1 Å². The molecule has 1 amide bonds. The summed E-state index contributed by atoms with van der Waals surface area (Å²) in [7, 11) is 3.17. The lowest BCUT2D eigenvalue weighted by Crippen LogP contribution is -2.20. The van der Waals surface area contributed by atoms with E-state index in [4.69, 9.17) is 21.1 Å². The smallest absolute Gasteiger partial charge is 0.244 e. The fourth-order valence-electron chi connectivity index (χ4n) is 2.02. The van der Waals surface area contributed by atoms with Gasteiger partial charge in [0.05, 0.1) is 14.2 Å². The Labute approximate surface area is 140 Å². The van der Waals surface area contributed by atoms with E-state index in [-0.39, 0.29) is 5.91 Å². The maximum absolute atomic E-state index is 11.9. The van der Waals surface area contributed by atoms with Crippen molar-refractivity contribution in [1.82, 2.24) is 5.32 Å². The zero-order chi connectivity index (χ0) is 16.7. The molecule has 2 rings (SSSR count). The van der Waals surface area contributed by atoms with E-state index < -0.39 is 0 Å². The topological polar surface area (TPSA) is 47.6 Å². The second-order valence-electron chi connectivity index (χ2n) is 4.75. The van der Waals surface area contributed by atoms with Crippen LogP contribution in [0.15, 0.2) is 48.5 Å². The van der Waals surface area contributed by atoms with E-state index in [2.05, 4.69) is 5.32 Å². The zero-order valence-corrected chi connectivity index (χ0v) is 13.8. The summed E-state index contributed by atoms with van der Waals surface area (Å²) in [5, 5.41) is 3.42. The molecule has 0 fully saturated rings. The van der Waals surface area contributed by atoms with Crippen molar-refractivity contribution in [2.24, 2.45) is 0 Å². The molecule has 0 saturated heterocycles. The van der Waals surface area contributed by atoms with Crippen LogP contribution >= 0.6 is 11.6 Å². The molecule has 0 radical (unpaired) electrons. The second kappa shape index (κ2) is 8.25. The average molecular weight is 332 g/mol. The zero-order valence-electron chi connectivity index (χ0n) is 13.0. The Balaban J connectivity index is 2.02. The van der Waals surface area contributed by atoms with Crippen molar-refractivity contribution in [3.05, 3.63) is 64.7 Å². The monoisotopic (exact) mass is 331 g/mol. The number of rotatable bonds is 6. The van der Waals surface area contributed by atoms with Crippen molar-refractivity contribution in [2.75, 3.05) is 14.2 Å². The maximum Gasteiger partial charge on any atom is 0.244 e. The predicted octanol–water partition coefficient (Wildman–Crippen LogP) is 3.69. The first-order valence-corrected chi connectivity index (χ1v) is 7.43. The van der Waals surface area contributed by atoms with Gasteiger partial charge in [0.25, 0.3) is 0 Å². The highest BCUT2D eigenvalue weighted by Crippen LogP contribution is 2.25. The minimum Gasteiger partial charge on any atom is -0.497 e. The summed E-state index contributed by atoms with van der Waals surface area (Å²) >= 11 is 6.05. The first kappa shape index (κ1) is 16.9. The van der Waals surface area contributed by atoms with Crippen LogP contribution in [-0.4, -0.2) is 20.1 Å². The number of benzene rings is 2. The van der Waals surface area contributed by atoms with Gasteiger partial charge in [-0.25, -0.2) is 0 Å². The molecule has 0 aromatic heterocycles. The lowest BCUT2D eigenvalue weighted by Gasteiger charge is -2.07. The summed E-state index contributed by atoms with van der Waals surface area (Å²) in [5.74, 6) is 1.15. The van der Waals surface area contributed by atoms with Crippen LogP contribution in [0.3, 0.4) is 0 Å². The number of carbonyl (C=O) groups is 1. The molecular formula is C18H18ClNO3. The summed E-state index contributed by atoms with van der Waals surface area (Å²) in [4.78, 5) is 11.9. The molecule has 0 aliphatic rings. The van der Waals surface area contributed by atoms with Crippen LogP contribution in [0, 0.1) is 0 Å². The maximum atomic E-state index is 11.9. The molecule has 2 aromatic rings. The summed E-state index contributed by atoms with van der Waals surface area (Å²) in [6.07, 6.45) is 3.14. The van der Waals surface area contributed by atoms with Gasteiger partial charge < -0.3 is 14.8 Å². The molecule has 23 heavy (non-hydrogen) atoms. The Morgan fingerprint density at radius 1 is 1.17 bits per heavy atom. The third kappa shape index (κ3) is 4.76. The van der Waals surface area contributed by atoms with Crippen LogP contribution in [-0.2, 0) is 11.3 Å². The Morgan fingerprint density at radius 2 is 1.96 bits per heavy atom. The standard InChI is InChI=1S/C18H18ClNO3/c1-22-15-8-9-17(23-2)13(11-15)7-10-18(21)20-12-14-5-3-4-6-16(14)19/h3-11H,12H2,1-2H3,(H,20,21)/b10-7+. The Bertz CT molecular complexity index is 713. The van der Waals surface area contributed by atoms with E-state index in [1.165, 1.54) is 6.08 Å². The fraction of sp³-hybridized carbons (Fsp3) is 0.167. The van der Waals surface area contributed by atoms with Crippen molar-refractivity contribution in [3.8, 4) is 11.5 Å². The van der Waals surface area contributed by atoms with Crippen LogP contribution in [0.5, 0.6) is 11.5 Å². The van der Waals surface area contributed by atoms with Gasteiger partial charge in [0.15, 0.2) is 0 Å². The molecule has 4 nitrogen and oxygen atoms in total. The Hall–Kier alpha value is -2.46. The molecule has 0 spiro atoms. The summed E-state index contributed by atoms with van der Waals surface area (Å²) in [6, 6.07) is 12.8. The lowest BCUT2D eigenvalue weighted by molar-refractivity contribution is -0.116. The van der Waals surface area contributed by atoms with Gasteiger partial charge in [-0.1, -0.05) is 29.8 Å². The first-order valence-electron chi connectivity index (χ1n) is 7.05. The number of ether oxygens (including phenoxy) is 2. The highest BCUT2D eigenvalue weighted by Gasteiger charge is 2.04. The van der Waals surface area contributed by atoms with Gasteiger partial charge in [0, 0.05) is 23.2 Å². The van der Waals surface area contributed by atoms with Crippen LogP contribution in [0.4, 0.5) is 0 Å². The van der Waals surface area contributed by atoms with Gasteiger partial charge in [-0.3, -0.25) is 4.79 Å². The van der Waals surface area contributed by atoms with Crippen LogP contribution < -0.4 is 14.8 Å². The lowest BCUT2D eigenvalue weighted by atomic mass is 10.1. The van der Waals surface area contributed by atoms with Gasteiger partial charge in [0.1, 0.15) is 11.5 Å². The van der Waals surface area contributed by atoms with E-state index in [1.807, 2.05) is 18.2 Å². The molecule has 2 aromatic carbocycles. The van der Waals surface area contributed by atoms with Crippen molar-refractivity contribution >= 4 is 23.6 Å². The van der Waals surface area contributed by atoms with Gasteiger partial charge >= 0.3 is 0 Å². The molecule has 0 aliphatic heterocycles. The van der Waals surface area contributed by atoms with Crippen molar-refractivity contribution in [1.29, 1.82) is 0 Å². The van der Waals surface area contributed by atoms with Crippen molar-refractivity contribution in [3.63, 3.8) is 0 Å². The summed E-state index contributed by atoms with van der Waals surface area (Å²) < 4.78 is 10.4. The highest BCUT2D eigenvalue weighted by atomic mass is 35.5. The average Bonchev–Trinajstić information content (AvgIpc) is 2.58. The van der Waals surface area contributed by atoms with E-state index in [0.717, 1.165) is 11.1 Å². The molecule has 0 atom stereocenters. The third-order valence-electron chi connectivity index (χ3n) is 3.26. The Kier molecular flexibility index (Phi) is 6.06. The van der Waals surface area contributed by atoms with Gasteiger partial charge in [-0.2, -0.15) is 0 Å².